The highest BCUT2D eigenvalue weighted by Crippen LogP contribution is 2.20. The number of hydrogen-bond donors (Lipinski definition) is 1. The molecule has 1 aliphatic heterocycles. The minimum absolute atomic E-state index is 0.0288. The van der Waals surface area contributed by atoms with E-state index in [1.807, 2.05) is 19.0 Å². The van der Waals surface area contributed by atoms with Crippen molar-refractivity contribution in [3.05, 3.63) is 35.6 Å². The lowest BCUT2D eigenvalue weighted by molar-refractivity contribution is -0.131. The summed E-state index contributed by atoms with van der Waals surface area (Å²) in [6.45, 7) is 1.10. The third-order valence-corrected chi connectivity index (χ3v) is 3.53. The molecule has 1 saturated heterocycles. The summed E-state index contributed by atoms with van der Waals surface area (Å²) in [4.78, 5) is 16.1. The molecule has 20 heavy (non-hydrogen) atoms. The van der Waals surface area contributed by atoms with Gasteiger partial charge in [-0.15, -0.1) is 0 Å². The molecule has 5 heteroatoms. The van der Waals surface area contributed by atoms with Crippen LogP contribution in [-0.4, -0.2) is 60.1 Å². The summed E-state index contributed by atoms with van der Waals surface area (Å²) in [6.07, 6.45) is 0.318. The first-order valence-corrected chi connectivity index (χ1v) is 6.82. The van der Waals surface area contributed by atoms with Crippen LogP contribution in [0.1, 0.15) is 12.0 Å². The maximum Gasteiger partial charge on any atom is 0.227 e. The predicted octanol–water partition coefficient (Wildman–Crippen LogP) is 0.892. The van der Waals surface area contributed by atoms with E-state index < -0.39 is 6.10 Å². The van der Waals surface area contributed by atoms with Gasteiger partial charge in [-0.05, 0) is 38.2 Å². The van der Waals surface area contributed by atoms with Gasteiger partial charge < -0.3 is 14.9 Å². The average Bonchev–Trinajstić information content (AvgIpc) is 2.69. The van der Waals surface area contributed by atoms with Crippen molar-refractivity contribution >= 4 is 5.91 Å². The molecule has 0 saturated carbocycles. The lowest BCUT2D eigenvalue weighted by Gasteiger charge is -2.27. The molecule has 1 aromatic rings. The predicted molar refractivity (Wildman–Crippen MR) is 74.8 cm³/mol. The van der Waals surface area contributed by atoms with Crippen LogP contribution in [0.3, 0.4) is 0 Å². The number of rotatable bonds is 4. The molecule has 0 aliphatic carbocycles. The molecule has 110 valence electrons. The van der Waals surface area contributed by atoms with Crippen molar-refractivity contribution in [1.29, 1.82) is 0 Å². The molecule has 0 radical (unpaired) electrons. The van der Waals surface area contributed by atoms with Crippen LogP contribution in [0.25, 0.3) is 0 Å². The summed E-state index contributed by atoms with van der Waals surface area (Å²) in [5.41, 5.74) is 0.667. The highest BCUT2D eigenvalue weighted by Gasteiger charge is 2.34. The van der Waals surface area contributed by atoms with Crippen molar-refractivity contribution < 1.29 is 14.3 Å². The molecule has 1 aromatic carbocycles. The lowest BCUT2D eigenvalue weighted by Crippen LogP contribution is -2.42. The molecular formula is C15H21FN2O2. The number of halogens is 1. The van der Waals surface area contributed by atoms with E-state index in [0.717, 1.165) is 6.54 Å². The minimum Gasteiger partial charge on any atom is -0.391 e. The first kappa shape index (κ1) is 14.9. The first-order valence-electron chi connectivity index (χ1n) is 6.82. The second kappa shape index (κ2) is 6.33. The number of hydrogen-bond acceptors (Lipinski definition) is 3. The van der Waals surface area contributed by atoms with E-state index in [1.165, 1.54) is 12.1 Å². The molecule has 2 rings (SSSR count). The Morgan fingerprint density at radius 2 is 2.25 bits per heavy atom. The highest BCUT2D eigenvalue weighted by molar-refractivity contribution is 5.79. The number of carbonyl (C=O) groups excluding carboxylic acids is 1. The SMILES string of the molecule is CN(C)CC1CC(O)CN1C(=O)Cc1cccc(F)c1. The fraction of sp³-hybridized carbons (Fsp3) is 0.533. The fourth-order valence-corrected chi connectivity index (χ4v) is 2.72. The van der Waals surface area contributed by atoms with Gasteiger partial charge in [0, 0.05) is 19.1 Å². The van der Waals surface area contributed by atoms with Crippen LogP contribution in [0.15, 0.2) is 24.3 Å². The summed E-state index contributed by atoms with van der Waals surface area (Å²) in [7, 11) is 3.89. The second-order valence-corrected chi connectivity index (χ2v) is 5.66. The number of likely N-dealkylation sites (tertiary alicyclic amines) is 1. The highest BCUT2D eigenvalue weighted by atomic mass is 19.1. The molecule has 2 atom stereocenters. The topological polar surface area (TPSA) is 43.8 Å². The largest absolute Gasteiger partial charge is 0.391 e. The molecule has 1 amide bonds. The van der Waals surface area contributed by atoms with E-state index in [4.69, 9.17) is 0 Å². The molecule has 0 spiro atoms. The van der Waals surface area contributed by atoms with E-state index in [0.29, 0.717) is 18.5 Å². The Hall–Kier alpha value is -1.46. The van der Waals surface area contributed by atoms with E-state index in [-0.39, 0.29) is 24.2 Å². The molecule has 1 aliphatic rings. The van der Waals surface area contributed by atoms with Gasteiger partial charge in [-0.3, -0.25) is 4.79 Å². The number of aliphatic hydroxyl groups excluding tert-OH is 1. The first-order chi connectivity index (χ1) is 9.45. The van der Waals surface area contributed by atoms with Gasteiger partial charge in [-0.1, -0.05) is 12.1 Å². The summed E-state index contributed by atoms with van der Waals surface area (Å²) in [6, 6.07) is 6.12. The third kappa shape index (κ3) is 3.77. The zero-order valence-corrected chi connectivity index (χ0v) is 11.9. The number of likely N-dealkylation sites (N-methyl/N-ethyl adjacent to an activating group) is 1. The van der Waals surface area contributed by atoms with Crippen LogP contribution in [-0.2, 0) is 11.2 Å². The quantitative estimate of drug-likeness (QED) is 0.891. The number of β-amino-alcohol motifs (C(OH)–C–C–N with tert-alkyl or cyclic N) is 1. The van der Waals surface area contributed by atoms with Gasteiger partial charge >= 0.3 is 0 Å². The summed E-state index contributed by atoms with van der Waals surface area (Å²) >= 11 is 0. The number of aliphatic hydroxyl groups is 1. The van der Waals surface area contributed by atoms with E-state index in [9.17, 15) is 14.3 Å². The van der Waals surface area contributed by atoms with Crippen LogP contribution >= 0.6 is 0 Å². The van der Waals surface area contributed by atoms with Gasteiger partial charge in [-0.2, -0.15) is 0 Å². The average molecular weight is 280 g/mol. The standard InChI is InChI=1S/C15H21FN2O2/c1-17(2)9-13-8-14(19)10-18(13)15(20)7-11-4-3-5-12(16)6-11/h3-6,13-14,19H,7-10H2,1-2H3. The zero-order chi connectivity index (χ0) is 14.7. The summed E-state index contributed by atoms with van der Waals surface area (Å²) < 4.78 is 13.1. The molecule has 2 unspecified atom stereocenters. The molecule has 1 fully saturated rings. The van der Waals surface area contributed by atoms with Gasteiger partial charge in [0.25, 0.3) is 0 Å². The van der Waals surface area contributed by atoms with Crippen LogP contribution < -0.4 is 0 Å². The van der Waals surface area contributed by atoms with E-state index in [1.54, 1.807) is 17.0 Å². The van der Waals surface area contributed by atoms with Crippen molar-refractivity contribution in [2.75, 3.05) is 27.2 Å². The van der Waals surface area contributed by atoms with Gasteiger partial charge in [0.15, 0.2) is 0 Å². The molecule has 4 nitrogen and oxygen atoms in total. The summed E-state index contributed by atoms with van der Waals surface area (Å²) in [5, 5.41) is 9.77. The van der Waals surface area contributed by atoms with Gasteiger partial charge in [0.2, 0.25) is 5.91 Å². The normalized spacial score (nSPS) is 22.6. The van der Waals surface area contributed by atoms with Gasteiger partial charge in [0.1, 0.15) is 5.82 Å². The number of nitrogens with zero attached hydrogens (tertiary/aromatic N) is 2. The maximum atomic E-state index is 13.1. The Morgan fingerprint density at radius 1 is 1.50 bits per heavy atom. The number of carbonyl (C=O) groups is 1. The van der Waals surface area contributed by atoms with Crippen molar-refractivity contribution in [3.8, 4) is 0 Å². The fourth-order valence-electron chi connectivity index (χ4n) is 2.72. The van der Waals surface area contributed by atoms with E-state index >= 15 is 0 Å². The lowest BCUT2D eigenvalue weighted by atomic mass is 10.1. The maximum absolute atomic E-state index is 13.1. The minimum atomic E-state index is -0.462. The monoisotopic (exact) mass is 280 g/mol. The van der Waals surface area contributed by atoms with Crippen LogP contribution in [0.4, 0.5) is 4.39 Å². The van der Waals surface area contributed by atoms with Gasteiger partial charge in [-0.25, -0.2) is 4.39 Å². The third-order valence-electron chi connectivity index (χ3n) is 3.53. The molecule has 0 bridgehead atoms. The number of benzene rings is 1. The Morgan fingerprint density at radius 3 is 2.90 bits per heavy atom. The molecule has 1 N–H and O–H groups in total. The molecule has 0 aromatic heterocycles. The van der Waals surface area contributed by atoms with Crippen molar-refractivity contribution in [3.63, 3.8) is 0 Å². The Labute approximate surface area is 118 Å². The Balaban J connectivity index is 2.03. The van der Waals surface area contributed by atoms with Crippen LogP contribution in [0.2, 0.25) is 0 Å². The smallest absolute Gasteiger partial charge is 0.227 e. The van der Waals surface area contributed by atoms with Gasteiger partial charge in [0.05, 0.1) is 12.5 Å². The molecule has 1 heterocycles. The number of amides is 1. The molecular weight excluding hydrogens is 259 g/mol. The van der Waals surface area contributed by atoms with Crippen molar-refractivity contribution in [2.45, 2.75) is 25.0 Å². The van der Waals surface area contributed by atoms with Crippen molar-refractivity contribution in [2.24, 2.45) is 0 Å². The second-order valence-electron chi connectivity index (χ2n) is 5.66. The van der Waals surface area contributed by atoms with E-state index in [2.05, 4.69) is 0 Å². The Bertz CT molecular complexity index is 479. The zero-order valence-electron chi connectivity index (χ0n) is 11.9. The Kier molecular flexibility index (Phi) is 4.73. The summed E-state index contributed by atoms with van der Waals surface area (Å²) in [5.74, 6) is -0.388. The van der Waals surface area contributed by atoms with Crippen molar-refractivity contribution in [1.82, 2.24) is 9.80 Å². The van der Waals surface area contributed by atoms with Crippen LogP contribution in [0, 0.1) is 5.82 Å². The van der Waals surface area contributed by atoms with Crippen LogP contribution in [0.5, 0.6) is 0 Å².